The third-order valence-electron chi connectivity index (χ3n) is 7.11. The predicted molar refractivity (Wildman–Crippen MR) is 103 cm³/mol. The minimum Gasteiger partial charge on any atom is -0.486 e. The molecule has 1 spiro atoms. The SMILES string of the molecule is CC1c2cc3c(cc2C2(CCCC2)CN1Cc1nc(C2CC2)no1)OCCO3. The molecule has 6 rings (SSSR count). The number of ether oxygens (including phenoxy) is 2. The smallest absolute Gasteiger partial charge is 0.240 e. The van der Waals surface area contributed by atoms with Crippen LogP contribution in [0.5, 0.6) is 11.5 Å². The lowest BCUT2D eigenvalue weighted by Crippen LogP contribution is -2.45. The van der Waals surface area contributed by atoms with Gasteiger partial charge in [0.15, 0.2) is 17.3 Å². The number of hydrogen-bond donors (Lipinski definition) is 0. The first-order valence-corrected chi connectivity index (χ1v) is 10.7. The minimum absolute atomic E-state index is 0.205. The lowest BCUT2D eigenvalue weighted by molar-refractivity contribution is 0.111. The van der Waals surface area contributed by atoms with Gasteiger partial charge in [-0.2, -0.15) is 4.98 Å². The molecule has 1 atom stereocenters. The summed E-state index contributed by atoms with van der Waals surface area (Å²) in [7, 11) is 0. The van der Waals surface area contributed by atoms with Crippen LogP contribution in [0.15, 0.2) is 16.7 Å². The van der Waals surface area contributed by atoms with E-state index < -0.39 is 0 Å². The standard InChI is InChI=1S/C22H27N3O3/c1-14-16-10-18-19(27-9-8-26-18)11-17(16)22(6-2-3-7-22)13-25(14)12-20-23-21(24-28-20)15-4-5-15/h10-11,14-15H,2-9,12-13H2,1H3. The molecule has 0 radical (unpaired) electrons. The summed E-state index contributed by atoms with van der Waals surface area (Å²) in [5.41, 5.74) is 3.05. The lowest BCUT2D eigenvalue weighted by Gasteiger charge is -2.46. The summed E-state index contributed by atoms with van der Waals surface area (Å²) in [6.45, 7) is 5.31. The molecule has 28 heavy (non-hydrogen) atoms. The Labute approximate surface area is 165 Å². The Kier molecular flexibility index (Phi) is 3.73. The monoisotopic (exact) mass is 381 g/mol. The van der Waals surface area contributed by atoms with Gasteiger partial charge in [0.05, 0.1) is 6.54 Å². The fraction of sp³-hybridized carbons (Fsp3) is 0.636. The summed E-state index contributed by atoms with van der Waals surface area (Å²) in [5.74, 6) is 3.99. The minimum atomic E-state index is 0.205. The van der Waals surface area contributed by atoms with E-state index in [0.717, 1.165) is 36.3 Å². The average Bonchev–Trinajstić information content (AvgIpc) is 3.28. The van der Waals surface area contributed by atoms with Gasteiger partial charge in [-0.3, -0.25) is 4.90 Å². The highest BCUT2D eigenvalue weighted by molar-refractivity contribution is 5.53. The number of fused-ring (bicyclic) bond motifs is 3. The molecule has 1 aromatic carbocycles. The van der Waals surface area contributed by atoms with Crippen molar-refractivity contribution < 1.29 is 14.0 Å². The molecular weight excluding hydrogens is 354 g/mol. The molecule has 2 fully saturated rings. The van der Waals surface area contributed by atoms with Crippen LogP contribution in [0.1, 0.15) is 80.3 Å². The fourth-order valence-corrected chi connectivity index (χ4v) is 5.40. The zero-order chi connectivity index (χ0) is 18.7. The summed E-state index contributed by atoms with van der Waals surface area (Å²) >= 11 is 0. The van der Waals surface area contributed by atoms with Crippen LogP contribution < -0.4 is 9.47 Å². The number of hydrogen-bond acceptors (Lipinski definition) is 6. The Bertz CT molecular complexity index is 898. The van der Waals surface area contributed by atoms with Crippen LogP contribution >= 0.6 is 0 Å². The van der Waals surface area contributed by atoms with Gasteiger partial charge in [0, 0.05) is 23.9 Å². The second-order valence-electron chi connectivity index (χ2n) is 8.97. The average molecular weight is 381 g/mol. The fourth-order valence-electron chi connectivity index (χ4n) is 5.40. The first-order valence-electron chi connectivity index (χ1n) is 10.7. The van der Waals surface area contributed by atoms with Crippen molar-refractivity contribution in [3.8, 4) is 11.5 Å². The molecule has 3 heterocycles. The number of aromatic nitrogens is 2. The molecule has 0 N–H and O–H groups in total. The number of rotatable bonds is 3. The lowest BCUT2D eigenvalue weighted by atomic mass is 9.71. The van der Waals surface area contributed by atoms with Crippen molar-refractivity contribution >= 4 is 0 Å². The van der Waals surface area contributed by atoms with Crippen molar-refractivity contribution in [2.75, 3.05) is 19.8 Å². The number of benzene rings is 1. The second-order valence-corrected chi connectivity index (χ2v) is 8.97. The third-order valence-corrected chi connectivity index (χ3v) is 7.11. The first-order chi connectivity index (χ1) is 13.7. The summed E-state index contributed by atoms with van der Waals surface area (Å²) in [6, 6.07) is 4.79. The van der Waals surface area contributed by atoms with Gasteiger partial charge >= 0.3 is 0 Å². The van der Waals surface area contributed by atoms with E-state index in [9.17, 15) is 0 Å². The van der Waals surface area contributed by atoms with Gasteiger partial charge in [0.2, 0.25) is 5.89 Å². The molecule has 0 bridgehead atoms. The maximum Gasteiger partial charge on any atom is 0.240 e. The van der Waals surface area contributed by atoms with Gasteiger partial charge < -0.3 is 14.0 Å². The highest BCUT2D eigenvalue weighted by Crippen LogP contribution is 2.52. The van der Waals surface area contributed by atoms with Crippen molar-refractivity contribution in [2.24, 2.45) is 0 Å². The summed E-state index contributed by atoms with van der Waals surface area (Å²) in [4.78, 5) is 7.20. The van der Waals surface area contributed by atoms with Crippen LogP contribution in [0.25, 0.3) is 0 Å². The molecule has 0 saturated heterocycles. The van der Waals surface area contributed by atoms with Crippen molar-refractivity contribution in [1.29, 1.82) is 0 Å². The third kappa shape index (κ3) is 2.65. The van der Waals surface area contributed by atoms with Crippen molar-refractivity contribution in [3.05, 3.63) is 35.0 Å². The zero-order valence-electron chi connectivity index (χ0n) is 16.4. The molecular formula is C22H27N3O3. The van der Waals surface area contributed by atoms with Gasteiger partial charge in [-0.25, -0.2) is 0 Å². The Balaban J connectivity index is 1.36. The molecule has 0 amide bonds. The molecule has 2 aliphatic carbocycles. The highest BCUT2D eigenvalue weighted by Gasteiger charge is 2.45. The topological polar surface area (TPSA) is 60.6 Å². The van der Waals surface area contributed by atoms with Crippen LogP contribution in [0.2, 0.25) is 0 Å². The number of nitrogens with zero attached hydrogens (tertiary/aromatic N) is 3. The first kappa shape index (κ1) is 16.8. The van der Waals surface area contributed by atoms with E-state index in [1.54, 1.807) is 0 Å². The van der Waals surface area contributed by atoms with Crippen LogP contribution in [-0.2, 0) is 12.0 Å². The molecule has 6 heteroatoms. The summed E-state index contributed by atoms with van der Waals surface area (Å²) in [5, 5.41) is 4.21. The molecule has 1 unspecified atom stereocenters. The van der Waals surface area contributed by atoms with Gasteiger partial charge in [0.1, 0.15) is 13.2 Å². The molecule has 2 aliphatic heterocycles. The Morgan fingerprint density at radius 2 is 1.86 bits per heavy atom. The highest BCUT2D eigenvalue weighted by atomic mass is 16.6. The summed E-state index contributed by atoms with van der Waals surface area (Å²) in [6.07, 6.45) is 7.45. The van der Waals surface area contributed by atoms with E-state index in [1.807, 2.05) is 0 Å². The van der Waals surface area contributed by atoms with E-state index >= 15 is 0 Å². The van der Waals surface area contributed by atoms with Crippen LogP contribution in [0.4, 0.5) is 0 Å². The van der Waals surface area contributed by atoms with E-state index in [4.69, 9.17) is 14.0 Å². The quantitative estimate of drug-likeness (QED) is 0.797. The molecule has 6 nitrogen and oxygen atoms in total. The van der Waals surface area contributed by atoms with Gasteiger partial charge in [-0.15, -0.1) is 0 Å². The Morgan fingerprint density at radius 1 is 1.11 bits per heavy atom. The molecule has 2 aromatic rings. The second kappa shape index (κ2) is 6.21. The van der Waals surface area contributed by atoms with Crippen molar-refractivity contribution in [1.82, 2.24) is 15.0 Å². The molecule has 1 aromatic heterocycles. The normalized spacial score (nSPS) is 25.8. The summed E-state index contributed by atoms with van der Waals surface area (Å²) < 4.78 is 17.4. The maximum atomic E-state index is 5.91. The molecule has 148 valence electrons. The van der Waals surface area contributed by atoms with Crippen LogP contribution in [0.3, 0.4) is 0 Å². The Hall–Kier alpha value is -2.08. The molecule has 2 saturated carbocycles. The van der Waals surface area contributed by atoms with Crippen molar-refractivity contribution in [2.45, 2.75) is 69.4 Å². The van der Waals surface area contributed by atoms with E-state index in [-0.39, 0.29) is 11.5 Å². The van der Waals surface area contributed by atoms with Crippen LogP contribution in [0, 0.1) is 0 Å². The van der Waals surface area contributed by atoms with E-state index in [0.29, 0.717) is 19.1 Å². The van der Waals surface area contributed by atoms with Gasteiger partial charge in [-0.05, 0) is 55.9 Å². The zero-order valence-corrected chi connectivity index (χ0v) is 16.4. The predicted octanol–water partition coefficient (Wildman–Crippen LogP) is 4.11. The molecule has 4 aliphatic rings. The van der Waals surface area contributed by atoms with Crippen LogP contribution in [-0.4, -0.2) is 34.8 Å². The largest absolute Gasteiger partial charge is 0.486 e. The van der Waals surface area contributed by atoms with Gasteiger partial charge in [-0.1, -0.05) is 18.0 Å². The Morgan fingerprint density at radius 3 is 2.61 bits per heavy atom. The van der Waals surface area contributed by atoms with E-state index in [1.165, 1.54) is 49.7 Å². The van der Waals surface area contributed by atoms with E-state index in [2.05, 4.69) is 34.1 Å². The van der Waals surface area contributed by atoms with Gasteiger partial charge in [0.25, 0.3) is 0 Å². The maximum absolute atomic E-state index is 5.91. The van der Waals surface area contributed by atoms with Crippen molar-refractivity contribution in [3.63, 3.8) is 0 Å².